The summed E-state index contributed by atoms with van der Waals surface area (Å²) in [6.07, 6.45) is 1.73. The van der Waals surface area contributed by atoms with Crippen molar-refractivity contribution in [3.63, 3.8) is 0 Å². The Hall–Kier alpha value is -2.41. The average molecular weight is 320 g/mol. The van der Waals surface area contributed by atoms with Crippen LogP contribution in [0.5, 0.6) is 0 Å². The number of Topliss-reactive ketones (excluding diaryl/α,β-unsaturated/α-hetero) is 1. The zero-order valence-corrected chi connectivity index (χ0v) is 12.7. The van der Waals surface area contributed by atoms with E-state index >= 15 is 0 Å². The lowest BCUT2D eigenvalue weighted by Gasteiger charge is -2.05. The standard InChI is InChI=1S/C15H16N2O4S/c18-12(13-4-2-8-22-13)5-6-14(19)17-10-15(20)16-9-11-3-1-7-21-11/h1-4,7-8H,5-6,9-10H2,(H,16,20)(H,17,19). The van der Waals surface area contributed by atoms with E-state index in [0.29, 0.717) is 10.6 Å². The monoisotopic (exact) mass is 320 g/mol. The van der Waals surface area contributed by atoms with Gasteiger partial charge in [-0.1, -0.05) is 6.07 Å². The number of nitrogens with one attached hydrogen (secondary N) is 2. The molecule has 116 valence electrons. The second-order valence-electron chi connectivity index (χ2n) is 4.53. The summed E-state index contributed by atoms with van der Waals surface area (Å²) in [5, 5.41) is 6.91. The lowest BCUT2D eigenvalue weighted by atomic mass is 10.2. The highest BCUT2D eigenvalue weighted by molar-refractivity contribution is 7.12. The van der Waals surface area contributed by atoms with E-state index in [9.17, 15) is 14.4 Å². The molecule has 0 aliphatic carbocycles. The molecule has 0 spiro atoms. The molecule has 0 radical (unpaired) electrons. The second-order valence-corrected chi connectivity index (χ2v) is 5.48. The van der Waals surface area contributed by atoms with E-state index in [1.165, 1.54) is 17.6 Å². The lowest BCUT2D eigenvalue weighted by Crippen LogP contribution is -2.36. The van der Waals surface area contributed by atoms with E-state index in [1.807, 2.05) is 5.38 Å². The average Bonchev–Trinajstić information content (AvgIpc) is 3.21. The molecule has 0 saturated carbocycles. The van der Waals surface area contributed by atoms with Crippen molar-refractivity contribution in [2.24, 2.45) is 0 Å². The van der Waals surface area contributed by atoms with E-state index in [4.69, 9.17) is 4.42 Å². The molecule has 22 heavy (non-hydrogen) atoms. The molecule has 2 rings (SSSR count). The molecule has 2 N–H and O–H groups in total. The maximum atomic E-state index is 11.7. The minimum atomic E-state index is -0.321. The first-order valence-electron chi connectivity index (χ1n) is 6.77. The quantitative estimate of drug-likeness (QED) is 0.725. The highest BCUT2D eigenvalue weighted by atomic mass is 32.1. The minimum Gasteiger partial charge on any atom is -0.467 e. The van der Waals surface area contributed by atoms with Gasteiger partial charge in [0.2, 0.25) is 11.8 Å². The van der Waals surface area contributed by atoms with Crippen molar-refractivity contribution in [3.05, 3.63) is 46.5 Å². The molecule has 2 aromatic rings. The van der Waals surface area contributed by atoms with Crippen LogP contribution in [0, 0.1) is 0 Å². The summed E-state index contributed by atoms with van der Waals surface area (Å²) in [5.41, 5.74) is 0. The van der Waals surface area contributed by atoms with Crippen LogP contribution in [-0.2, 0) is 16.1 Å². The molecule has 0 unspecified atom stereocenters. The Labute approximate surface area is 131 Å². The van der Waals surface area contributed by atoms with Crippen molar-refractivity contribution >= 4 is 28.9 Å². The first-order chi connectivity index (χ1) is 10.6. The molecule has 0 aliphatic rings. The molecule has 0 aliphatic heterocycles. The van der Waals surface area contributed by atoms with Gasteiger partial charge in [-0.25, -0.2) is 0 Å². The predicted octanol–water partition coefficient (Wildman–Crippen LogP) is 1.74. The first kappa shape index (κ1) is 16.0. The van der Waals surface area contributed by atoms with Crippen molar-refractivity contribution in [2.45, 2.75) is 19.4 Å². The fourth-order valence-electron chi connectivity index (χ4n) is 1.72. The number of carbonyl (C=O) groups excluding carboxylic acids is 3. The topological polar surface area (TPSA) is 88.4 Å². The van der Waals surface area contributed by atoms with Gasteiger partial charge in [0.1, 0.15) is 5.76 Å². The summed E-state index contributed by atoms with van der Waals surface area (Å²) < 4.78 is 5.07. The van der Waals surface area contributed by atoms with Gasteiger partial charge in [-0.05, 0) is 23.6 Å². The summed E-state index contributed by atoms with van der Waals surface area (Å²) in [6, 6.07) is 7.00. The maximum Gasteiger partial charge on any atom is 0.239 e. The number of hydrogen-bond acceptors (Lipinski definition) is 5. The minimum absolute atomic E-state index is 0.0626. The van der Waals surface area contributed by atoms with Gasteiger partial charge in [0, 0.05) is 12.8 Å². The van der Waals surface area contributed by atoms with Crippen LogP contribution < -0.4 is 10.6 Å². The number of furan rings is 1. The first-order valence-corrected chi connectivity index (χ1v) is 7.65. The van der Waals surface area contributed by atoms with E-state index in [-0.39, 0.29) is 43.5 Å². The Kier molecular flexibility index (Phi) is 5.91. The van der Waals surface area contributed by atoms with Crippen LogP contribution in [0.3, 0.4) is 0 Å². The van der Waals surface area contributed by atoms with E-state index in [0.717, 1.165) is 0 Å². The zero-order valence-electron chi connectivity index (χ0n) is 11.8. The Morgan fingerprint density at radius 3 is 2.59 bits per heavy atom. The molecule has 2 amide bonds. The van der Waals surface area contributed by atoms with E-state index in [2.05, 4.69) is 10.6 Å². The SMILES string of the molecule is O=C(CCC(=O)c1cccs1)NCC(=O)NCc1ccco1. The van der Waals surface area contributed by atoms with Crippen LogP contribution in [-0.4, -0.2) is 24.1 Å². The van der Waals surface area contributed by atoms with Gasteiger partial charge >= 0.3 is 0 Å². The third kappa shape index (κ3) is 5.17. The van der Waals surface area contributed by atoms with Gasteiger partial charge in [0.05, 0.1) is 24.2 Å². The predicted molar refractivity (Wildman–Crippen MR) is 81.4 cm³/mol. The van der Waals surface area contributed by atoms with Crippen LogP contribution in [0.15, 0.2) is 40.3 Å². The third-order valence-electron chi connectivity index (χ3n) is 2.86. The van der Waals surface area contributed by atoms with Gasteiger partial charge in [-0.3, -0.25) is 14.4 Å². The number of ketones is 1. The molecular formula is C15H16N2O4S. The molecule has 0 aromatic carbocycles. The molecule has 0 saturated heterocycles. The Bertz CT molecular complexity index is 620. The molecule has 6 nitrogen and oxygen atoms in total. The highest BCUT2D eigenvalue weighted by Crippen LogP contribution is 2.12. The fourth-order valence-corrected chi connectivity index (χ4v) is 2.41. The normalized spacial score (nSPS) is 10.2. The van der Waals surface area contributed by atoms with Gasteiger partial charge < -0.3 is 15.1 Å². The van der Waals surface area contributed by atoms with Gasteiger partial charge in [0.25, 0.3) is 0 Å². The summed E-state index contributed by atoms with van der Waals surface area (Å²) in [4.78, 5) is 35.5. The molecule has 0 atom stereocenters. The van der Waals surface area contributed by atoms with E-state index < -0.39 is 0 Å². The molecule has 2 aromatic heterocycles. The zero-order chi connectivity index (χ0) is 15.8. The molecular weight excluding hydrogens is 304 g/mol. The highest BCUT2D eigenvalue weighted by Gasteiger charge is 2.11. The van der Waals surface area contributed by atoms with Crippen LogP contribution in [0.25, 0.3) is 0 Å². The van der Waals surface area contributed by atoms with Crippen LogP contribution >= 0.6 is 11.3 Å². The number of amides is 2. The van der Waals surface area contributed by atoms with Gasteiger partial charge in [-0.15, -0.1) is 11.3 Å². The molecule has 0 fully saturated rings. The molecule has 2 heterocycles. The summed E-state index contributed by atoms with van der Waals surface area (Å²) in [6.45, 7) is 0.158. The van der Waals surface area contributed by atoms with Crippen molar-refractivity contribution < 1.29 is 18.8 Å². The maximum absolute atomic E-state index is 11.7. The largest absolute Gasteiger partial charge is 0.467 e. The van der Waals surface area contributed by atoms with Crippen LogP contribution in [0.1, 0.15) is 28.3 Å². The van der Waals surface area contributed by atoms with Crippen molar-refractivity contribution in [3.8, 4) is 0 Å². The number of carbonyl (C=O) groups is 3. The number of hydrogen-bond donors (Lipinski definition) is 2. The van der Waals surface area contributed by atoms with Crippen molar-refractivity contribution in [2.75, 3.05) is 6.54 Å². The van der Waals surface area contributed by atoms with Gasteiger partial charge in [-0.2, -0.15) is 0 Å². The van der Waals surface area contributed by atoms with Crippen LogP contribution in [0.4, 0.5) is 0 Å². The van der Waals surface area contributed by atoms with Crippen LogP contribution in [0.2, 0.25) is 0 Å². The van der Waals surface area contributed by atoms with Crippen molar-refractivity contribution in [1.82, 2.24) is 10.6 Å². The third-order valence-corrected chi connectivity index (χ3v) is 3.77. The lowest BCUT2D eigenvalue weighted by molar-refractivity contribution is -0.126. The van der Waals surface area contributed by atoms with E-state index in [1.54, 1.807) is 24.3 Å². The Morgan fingerprint density at radius 2 is 1.91 bits per heavy atom. The van der Waals surface area contributed by atoms with Crippen molar-refractivity contribution in [1.29, 1.82) is 0 Å². The summed E-state index contributed by atoms with van der Waals surface area (Å²) >= 11 is 1.35. The summed E-state index contributed by atoms with van der Waals surface area (Å²) in [7, 11) is 0. The van der Waals surface area contributed by atoms with Gasteiger partial charge in [0.15, 0.2) is 5.78 Å². The summed E-state index contributed by atoms with van der Waals surface area (Å²) in [5.74, 6) is -0.0546. The smallest absolute Gasteiger partial charge is 0.239 e. The second kappa shape index (κ2) is 8.14. The Balaban J connectivity index is 1.60. The Morgan fingerprint density at radius 1 is 1.05 bits per heavy atom. The molecule has 0 bridgehead atoms. The number of thiophene rings is 1. The fraction of sp³-hybridized carbons (Fsp3) is 0.267. The number of rotatable bonds is 8. The molecule has 7 heteroatoms.